The highest BCUT2D eigenvalue weighted by molar-refractivity contribution is 5.82. The summed E-state index contributed by atoms with van der Waals surface area (Å²) < 4.78 is 14.2. The number of carbonyl (C=O) groups is 2. The molecule has 2 aromatic carbocycles. The monoisotopic (exact) mass is 381 g/mol. The molecule has 0 saturated heterocycles. The van der Waals surface area contributed by atoms with Crippen molar-refractivity contribution in [1.29, 1.82) is 0 Å². The largest absolute Gasteiger partial charge is 0.354 e. The average molecular weight is 381 g/mol. The number of hydrogen-bond donors (Lipinski definition) is 2. The topological polar surface area (TPSA) is 80.2 Å². The Morgan fingerprint density at radius 3 is 2.46 bits per heavy atom. The zero-order chi connectivity index (χ0) is 19.9. The van der Waals surface area contributed by atoms with Crippen LogP contribution in [0.25, 0.3) is 10.8 Å². The standard InChI is InChI=1S/C21H20FN3O3/c22-17-7-5-15(6-8-17)13-24-19(26)9-11-23-20(27)14-25-12-10-16-3-1-2-4-18(16)21(25)28/h1-8,10,12H,9,11,13-14H2,(H,23,27)(H,24,26). The second kappa shape index (κ2) is 8.94. The van der Waals surface area contributed by atoms with E-state index in [4.69, 9.17) is 0 Å². The molecule has 7 heteroatoms. The number of fused-ring (bicyclic) bond motifs is 1. The third-order valence-corrected chi connectivity index (χ3v) is 4.28. The number of pyridine rings is 1. The van der Waals surface area contributed by atoms with Gasteiger partial charge in [0.05, 0.1) is 0 Å². The van der Waals surface area contributed by atoms with E-state index in [2.05, 4.69) is 10.6 Å². The van der Waals surface area contributed by atoms with Crippen molar-refractivity contribution in [2.75, 3.05) is 6.54 Å². The molecule has 0 aliphatic rings. The summed E-state index contributed by atoms with van der Waals surface area (Å²) in [6, 6.07) is 14.8. The fourth-order valence-electron chi connectivity index (χ4n) is 2.77. The molecule has 0 saturated carbocycles. The molecule has 0 unspecified atom stereocenters. The number of nitrogens with one attached hydrogen (secondary N) is 2. The van der Waals surface area contributed by atoms with Crippen LogP contribution in [0.3, 0.4) is 0 Å². The number of benzene rings is 2. The van der Waals surface area contributed by atoms with Gasteiger partial charge in [-0.05, 0) is 35.2 Å². The maximum Gasteiger partial charge on any atom is 0.258 e. The van der Waals surface area contributed by atoms with Crippen molar-refractivity contribution in [3.63, 3.8) is 0 Å². The van der Waals surface area contributed by atoms with Crippen molar-refractivity contribution >= 4 is 22.6 Å². The molecule has 0 atom stereocenters. The van der Waals surface area contributed by atoms with Crippen molar-refractivity contribution < 1.29 is 14.0 Å². The number of halogens is 1. The second-order valence-electron chi connectivity index (χ2n) is 6.34. The molecular formula is C21H20FN3O3. The molecule has 2 amide bonds. The molecule has 0 radical (unpaired) electrons. The quantitative estimate of drug-likeness (QED) is 0.657. The van der Waals surface area contributed by atoms with Gasteiger partial charge in [0.25, 0.3) is 5.56 Å². The fourth-order valence-corrected chi connectivity index (χ4v) is 2.77. The van der Waals surface area contributed by atoms with Crippen LogP contribution in [0.4, 0.5) is 4.39 Å². The van der Waals surface area contributed by atoms with E-state index in [9.17, 15) is 18.8 Å². The van der Waals surface area contributed by atoms with Crippen LogP contribution in [-0.2, 0) is 22.7 Å². The first-order valence-corrected chi connectivity index (χ1v) is 8.89. The van der Waals surface area contributed by atoms with Crippen molar-refractivity contribution in [1.82, 2.24) is 15.2 Å². The Kier molecular flexibility index (Phi) is 6.16. The Hall–Kier alpha value is -3.48. The van der Waals surface area contributed by atoms with Crippen LogP contribution >= 0.6 is 0 Å². The molecule has 0 bridgehead atoms. The number of amides is 2. The third kappa shape index (κ3) is 5.03. The van der Waals surface area contributed by atoms with Crippen molar-refractivity contribution in [3.05, 3.63) is 82.5 Å². The third-order valence-electron chi connectivity index (χ3n) is 4.28. The van der Waals surface area contributed by atoms with Crippen LogP contribution in [0.2, 0.25) is 0 Å². The number of nitrogens with zero attached hydrogens (tertiary/aromatic N) is 1. The summed E-state index contributed by atoms with van der Waals surface area (Å²) in [6.45, 7) is 0.344. The summed E-state index contributed by atoms with van der Waals surface area (Å²) in [5.41, 5.74) is 0.555. The molecule has 0 aliphatic heterocycles. The molecular weight excluding hydrogens is 361 g/mol. The zero-order valence-corrected chi connectivity index (χ0v) is 15.2. The van der Waals surface area contributed by atoms with Gasteiger partial charge in [-0.1, -0.05) is 30.3 Å². The Balaban J connectivity index is 1.44. The van der Waals surface area contributed by atoms with E-state index in [1.54, 1.807) is 36.5 Å². The normalized spacial score (nSPS) is 10.6. The maximum atomic E-state index is 12.8. The summed E-state index contributed by atoms with van der Waals surface area (Å²) in [5.74, 6) is -0.903. The van der Waals surface area contributed by atoms with E-state index >= 15 is 0 Å². The summed E-state index contributed by atoms with van der Waals surface area (Å²) in [6.07, 6.45) is 1.69. The fraction of sp³-hybridized carbons (Fsp3) is 0.190. The number of hydrogen-bond acceptors (Lipinski definition) is 3. The lowest BCUT2D eigenvalue weighted by atomic mass is 10.2. The number of rotatable bonds is 7. The summed E-state index contributed by atoms with van der Waals surface area (Å²) in [4.78, 5) is 36.3. The molecule has 1 heterocycles. The van der Waals surface area contributed by atoms with Gasteiger partial charge < -0.3 is 15.2 Å². The summed E-state index contributed by atoms with van der Waals surface area (Å²) >= 11 is 0. The molecule has 28 heavy (non-hydrogen) atoms. The van der Waals surface area contributed by atoms with E-state index in [1.165, 1.54) is 16.7 Å². The SMILES string of the molecule is O=C(CCNC(=O)Cn1ccc2ccccc2c1=O)NCc1ccc(F)cc1. The highest BCUT2D eigenvalue weighted by Gasteiger charge is 2.08. The van der Waals surface area contributed by atoms with E-state index in [0.29, 0.717) is 11.9 Å². The lowest BCUT2D eigenvalue weighted by Gasteiger charge is -2.09. The van der Waals surface area contributed by atoms with Crippen LogP contribution in [0.5, 0.6) is 0 Å². The van der Waals surface area contributed by atoms with Crippen LogP contribution in [0.1, 0.15) is 12.0 Å². The Bertz CT molecular complexity index is 1040. The average Bonchev–Trinajstić information content (AvgIpc) is 2.70. The van der Waals surface area contributed by atoms with Crippen molar-refractivity contribution in [2.45, 2.75) is 19.5 Å². The van der Waals surface area contributed by atoms with Crippen LogP contribution in [-0.4, -0.2) is 22.9 Å². The highest BCUT2D eigenvalue weighted by Crippen LogP contribution is 2.07. The van der Waals surface area contributed by atoms with Gasteiger partial charge in [0.15, 0.2) is 0 Å². The minimum absolute atomic E-state index is 0.110. The molecule has 3 aromatic rings. The van der Waals surface area contributed by atoms with Gasteiger partial charge in [-0.3, -0.25) is 14.4 Å². The number of carbonyl (C=O) groups excluding carboxylic acids is 2. The number of aromatic nitrogens is 1. The predicted octanol–water partition coefficient (Wildman–Crippen LogP) is 1.96. The van der Waals surface area contributed by atoms with Gasteiger partial charge in [-0.15, -0.1) is 0 Å². The first kappa shape index (κ1) is 19.3. The van der Waals surface area contributed by atoms with E-state index < -0.39 is 0 Å². The van der Waals surface area contributed by atoms with Crippen LogP contribution in [0, 0.1) is 5.82 Å². The van der Waals surface area contributed by atoms with Gasteiger partial charge in [-0.25, -0.2) is 4.39 Å². The van der Waals surface area contributed by atoms with Crippen LogP contribution < -0.4 is 16.2 Å². The minimum Gasteiger partial charge on any atom is -0.354 e. The summed E-state index contributed by atoms with van der Waals surface area (Å²) in [7, 11) is 0. The Morgan fingerprint density at radius 1 is 0.929 bits per heavy atom. The highest BCUT2D eigenvalue weighted by atomic mass is 19.1. The van der Waals surface area contributed by atoms with Gasteiger partial charge >= 0.3 is 0 Å². The molecule has 0 aliphatic carbocycles. The van der Waals surface area contributed by atoms with Gasteiger partial charge in [0.1, 0.15) is 12.4 Å². The lowest BCUT2D eigenvalue weighted by Crippen LogP contribution is -2.34. The van der Waals surface area contributed by atoms with Crippen molar-refractivity contribution in [2.24, 2.45) is 0 Å². The molecule has 144 valence electrons. The molecule has 3 rings (SSSR count). The second-order valence-corrected chi connectivity index (χ2v) is 6.34. The molecule has 1 aromatic heterocycles. The minimum atomic E-state index is -0.344. The zero-order valence-electron chi connectivity index (χ0n) is 15.2. The predicted molar refractivity (Wildman–Crippen MR) is 104 cm³/mol. The first-order valence-electron chi connectivity index (χ1n) is 8.89. The summed E-state index contributed by atoms with van der Waals surface area (Å²) in [5, 5.41) is 6.71. The van der Waals surface area contributed by atoms with E-state index in [-0.39, 0.29) is 42.7 Å². The van der Waals surface area contributed by atoms with Gasteiger partial charge in [0, 0.05) is 31.1 Å². The van der Waals surface area contributed by atoms with Gasteiger partial charge in [0.2, 0.25) is 11.8 Å². The van der Waals surface area contributed by atoms with Gasteiger partial charge in [-0.2, -0.15) is 0 Å². The molecule has 0 fully saturated rings. The Labute approximate surface area is 161 Å². The first-order chi connectivity index (χ1) is 13.5. The van der Waals surface area contributed by atoms with Crippen molar-refractivity contribution in [3.8, 4) is 0 Å². The van der Waals surface area contributed by atoms with E-state index in [1.807, 2.05) is 12.1 Å². The van der Waals surface area contributed by atoms with Crippen LogP contribution in [0.15, 0.2) is 65.6 Å². The lowest BCUT2D eigenvalue weighted by molar-refractivity contribution is -0.122. The molecule has 6 nitrogen and oxygen atoms in total. The maximum absolute atomic E-state index is 12.8. The van der Waals surface area contributed by atoms with E-state index in [0.717, 1.165) is 10.9 Å². The smallest absolute Gasteiger partial charge is 0.258 e. The molecule has 2 N–H and O–H groups in total. The molecule has 0 spiro atoms. The Morgan fingerprint density at radius 2 is 1.68 bits per heavy atom.